The van der Waals surface area contributed by atoms with Gasteiger partial charge in [-0.25, -0.2) is 5.10 Å². The van der Waals surface area contributed by atoms with Gasteiger partial charge in [0.2, 0.25) is 0 Å². The SMILES string of the molecule is COc1cccc(/C=C/c2n[nH]c(=O)cc2C)c1. The van der Waals surface area contributed by atoms with E-state index in [-0.39, 0.29) is 5.56 Å². The van der Waals surface area contributed by atoms with Gasteiger partial charge in [-0.05, 0) is 36.3 Å². The van der Waals surface area contributed by atoms with Gasteiger partial charge in [-0.15, -0.1) is 0 Å². The molecular formula is C14H14N2O2. The molecule has 0 amide bonds. The van der Waals surface area contributed by atoms with E-state index in [2.05, 4.69) is 10.2 Å². The Labute approximate surface area is 105 Å². The molecule has 1 aromatic carbocycles. The van der Waals surface area contributed by atoms with Crippen molar-refractivity contribution in [1.29, 1.82) is 0 Å². The summed E-state index contributed by atoms with van der Waals surface area (Å²) in [6.45, 7) is 1.85. The van der Waals surface area contributed by atoms with Crippen molar-refractivity contribution in [3.8, 4) is 5.75 Å². The van der Waals surface area contributed by atoms with E-state index in [1.54, 1.807) is 7.11 Å². The number of methoxy groups -OCH3 is 1. The van der Waals surface area contributed by atoms with E-state index in [0.717, 1.165) is 22.6 Å². The van der Waals surface area contributed by atoms with E-state index < -0.39 is 0 Å². The lowest BCUT2D eigenvalue weighted by Crippen LogP contribution is -2.08. The van der Waals surface area contributed by atoms with Crippen molar-refractivity contribution >= 4 is 12.2 Å². The summed E-state index contributed by atoms with van der Waals surface area (Å²) in [4.78, 5) is 11.0. The fraction of sp³-hybridized carbons (Fsp3) is 0.143. The minimum absolute atomic E-state index is 0.189. The van der Waals surface area contributed by atoms with E-state index in [9.17, 15) is 4.79 Å². The second-order valence-corrected chi connectivity index (χ2v) is 3.91. The number of H-pyrrole nitrogens is 1. The minimum atomic E-state index is -0.189. The molecule has 0 unspecified atom stereocenters. The zero-order valence-corrected chi connectivity index (χ0v) is 10.3. The Hall–Kier alpha value is -2.36. The summed E-state index contributed by atoms with van der Waals surface area (Å²) in [5, 5.41) is 6.40. The summed E-state index contributed by atoms with van der Waals surface area (Å²) in [5.74, 6) is 0.809. The molecule has 0 aliphatic carbocycles. The maximum Gasteiger partial charge on any atom is 0.264 e. The number of benzene rings is 1. The highest BCUT2D eigenvalue weighted by Crippen LogP contribution is 2.15. The van der Waals surface area contributed by atoms with Gasteiger partial charge < -0.3 is 4.74 Å². The van der Waals surface area contributed by atoms with Crippen molar-refractivity contribution in [2.75, 3.05) is 7.11 Å². The lowest BCUT2D eigenvalue weighted by atomic mass is 10.1. The van der Waals surface area contributed by atoms with Gasteiger partial charge in [0.05, 0.1) is 12.8 Å². The van der Waals surface area contributed by atoms with Crippen molar-refractivity contribution in [1.82, 2.24) is 10.2 Å². The zero-order chi connectivity index (χ0) is 13.0. The van der Waals surface area contributed by atoms with Crippen LogP contribution >= 0.6 is 0 Å². The first-order valence-electron chi connectivity index (χ1n) is 5.57. The fourth-order valence-electron chi connectivity index (χ4n) is 1.60. The van der Waals surface area contributed by atoms with E-state index in [0.29, 0.717) is 0 Å². The van der Waals surface area contributed by atoms with E-state index >= 15 is 0 Å². The first kappa shape index (κ1) is 12.1. The molecule has 0 saturated heterocycles. The Morgan fingerprint density at radius 2 is 2.11 bits per heavy atom. The number of nitrogens with one attached hydrogen (secondary N) is 1. The Morgan fingerprint density at radius 3 is 2.83 bits per heavy atom. The summed E-state index contributed by atoms with van der Waals surface area (Å²) >= 11 is 0. The van der Waals surface area contributed by atoms with Crippen LogP contribution in [0.25, 0.3) is 12.2 Å². The van der Waals surface area contributed by atoms with Gasteiger partial charge >= 0.3 is 0 Å². The molecule has 1 heterocycles. The zero-order valence-electron chi connectivity index (χ0n) is 10.3. The first-order valence-corrected chi connectivity index (χ1v) is 5.57. The Morgan fingerprint density at radius 1 is 1.28 bits per heavy atom. The monoisotopic (exact) mass is 242 g/mol. The molecule has 1 aromatic heterocycles. The van der Waals surface area contributed by atoms with Crippen LogP contribution in [0.15, 0.2) is 35.1 Å². The molecule has 1 N–H and O–H groups in total. The quantitative estimate of drug-likeness (QED) is 0.898. The molecule has 0 fully saturated rings. The number of hydrogen-bond acceptors (Lipinski definition) is 3. The predicted octanol–water partition coefficient (Wildman–Crippen LogP) is 2.26. The predicted molar refractivity (Wildman–Crippen MR) is 71.5 cm³/mol. The molecule has 92 valence electrons. The summed E-state index contributed by atoms with van der Waals surface area (Å²) in [6.07, 6.45) is 3.79. The van der Waals surface area contributed by atoms with Crippen LogP contribution in [0.2, 0.25) is 0 Å². The van der Waals surface area contributed by atoms with Crippen LogP contribution in [0.1, 0.15) is 16.8 Å². The van der Waals surface area contributed by atoms with Crippen LogP contribution < -0.4 is 10.3 Å². The molecule has 0 aliphatic rings. The number of rotatable bonds is 3. The number of ether oxygens (including phenoxy) is 1. The molecule has 0 atom stereocenters. The average Bonchev–Trinajstić information content (AvgIpc) is 2.38. The third-order valence-corrected chi connectivity index (χ3v) is 2.57. The van der Waals surface area contributed by atoms with Gasteiger partial charge in [0.25, 0.3) is 5.56 Å². The van der Waals surface area contributed by atoms with Crippen LogP contribution in [0.3, 0.4) is 0 Å². The minimum Gasteiger partial charge on any atom is -0.497 e. The van der Waals surface area contributed by atoms with E-state index in [1.807, 2.05) is 43.3 Å². The van der Waals surface area contributed by atoms with Gasteiger partial charge in [-0.1, -0.05) is 18.2 Å². The molecule has 0 saturated carbocycles. The second kappa shape index (κ2) is 5.31. The lowest BCUT2D eigenvalue weighted by Gasteiger charge is -2.00. The molecule has 0 radical (unpaired) electrons. The van der Waals surface area contributed by atoms with Gasteiger partial charge in [-0.2, -0.15) is 5.10 Å². The van der Waals surface area contributed by atoms with Gasteiger partial charge in [-0.3, -0.25) is 4.79 Å². The summed E-state index contributed by atoms with van der Waals surface area (Å²) in [7, 11) is 1.64. The summed E-state index contributed by atoms with van der Waals surface area (Å²) < 4.78 is 5.15. The molecule has 2 rings (SSSR count). The fourth-order valence-corrected chi connectivity index (χ4v) is 1.60. The Balaban J connectivity index is 2.26. The largest absolute Gasteiger partial charge is 0.497 e. The van der Waals surface area contributed by atoms with Gasteiger partial charge in [0.1, 0.15) is 5.75 Å². The number of hydrogen-bond donors (Lipinski definition) is 1. The molecule has 2 aromatic rings. The van der Waals surface area contributed by atoms with Crippen LogP contribution in [0.4, 0.5) is 0 Å². The third kappa shape index (κ3) is 2.85. The Kier molecular flexibility index (Phi) is 3.57. The molecule has 4 heteroatoms. The Bertz CT molecular complexity index is 630. The van der Waals surface area contributed by atoms with Crippen molar-refractivity contribution in [3.63, 3.8) is 0 Å². The van der Waals surface area contributed by atoms with Gasteiger partial charge in [0, 0.05) is 6.07 Å². The number of aryl methyl sites for hydroxylation is 1. The normalized spacial score (nSPS) is 10.8. The maximum atomic E-state index is 11.0. The van der Waals surface area contributed by atoms with Crippen molar-refractivity contribution in [2.45, 2.75) is 6.92 Å². The molecule has 0 spiro atoms. The number of aromatic nitrogens is 2. The first-order chi connectivity index (χ1) is 8.69. The summed E-state index contributed by atoms with van der Waals surface area (Å²) in [6, 6.07) is 9.24. The highest BCUT2D eigenvalue weighted by Gasteiger charge is 1.97. The number of nitrogens with zero attached hydrogens (tertiary/aromatic N) is 1. The van der Waals surface area contributed by atoms with Crippen molar-refractivity contribution < 1.29 is 4.74 Å². The van der Waals surface area contributed by atoms with E-state index in [4.69, 9.17) is 4.74 Å². The smallest absolute Gasteiger partial charge is 0.264 e. The van der Waals surface area contributed by atoms with Crippen molar-refractivity contribution in [2.24, 2.45) is 0 Å². The van der Waals surface area contributed by atoms with Crippen LogP contribution in [-0.4, -0.2) is 17.3 Å². The molecule has 18 heavy (non-hydrogen) atoms. The van der Waals surface area contributed by atoms with Crippen LogP contribution in [0, 0.1) is 6.92 Å². The summed E-state index contributed by atoms with van der Waals surface area (Å²) in [5.41, 5.74) is 2.42. The topological polar surface area (TPSA) is 55.0 Å². The van der Waals surface area contributed by atoms with Crippen LogP contribution in [-0.2, 0) is 0 Å². The second-order valence-electron chi connectivity index (χ2n) is 3.91. The lowest BCUT2D eigenvalue weighted by molar-refractivity contribution is 0.414. The highest BCUT2D eigenvalue weighted by atomic mass is 16.5. The standard InChI is InChI=1S/C14H14N2O2/c1-10-8-14(17)16-15-13(10)7-6-11-4-3-5-12(9-11)18-2/h3-9H,1-2H3,(H,16,17)/b7-6+. The van der Waals surface area contributed by atoms with E-state index in [1.165, 1.54) is 6.07 Å². The molecular weight excluding hydrogens is 228 g/mol. The third-order valence-electron chi connectivity index (χ3n) is 2.57. The van der Waals surface area contributed by atoms with Gasteiger partial charge in [0.15, 0.2) is 0 Å². The maximum absolute atomic E-state index is 11.0. The van der Waals surface area contributed by atoms with Crippen molar-refractivity contribution in [3.05, 3.63) is 57.5 Å². The average molecular weight is 242 g/mol. The van der Waals surface area contributed by atoms with Crippen LogP contribution in [0.5, 0.6) is 5.75 Å². The highest BCUT2D eigenvalue weighted by molar-refractivity contribution is 5.69. The molecule has 0 bridgehead atoms. The molecule has 0 aliphatic heterocycles. The molecule has 4 nitrogen and oxygen atoms in total. The number of aromatic amines is 1.